The van der Waals surface area contributed by atoms with Gasteiger partial charge in [-0.1, -0.05) is 13.8 Å². The largest absolute Gasteiger partial charge is 0.396 e. The van der Waals surface area contributed by atoms with Crippen molar-refractivity contribution in [2.75, 3.05) is 13.2 Å². The highest BCUT2D eigenvalue weighted by Gasteiger charge is 2.36. The summed E-state index contributed by atoms with van der Waals surface area (Å²) in [6, 6.07) is 0. The molecule has 92 valence electrons. The molecule has 1 unspecified atom stereocenters. The zero-order valence-corrected chi connectivity index (χ0v) is 11.0. The van der Waals surface area contributed by atoms with Gasteiger partial charge in [-0.05, 0) is 34.1 Å². The van der Waals surface area contributed by atoms with E-state index in [9.17, 15) is 10.2 Å². The van der Waals surface area contributed by atoms with Crippen LogP contribution in [0, 0.1) is 5.41 Å². The lowest BCUT2D eigenvalue weighted by Crippen LogP contribution is -2.58. The molecule has 0 amide bonds. The lowest BCUT2D eigenvalue weighted by Gasteiger charge is -2.41. The van der Waals surface area contributed by atoms with Crippen molar-refractivity contribution < 1.29 is 10.2 Å². The molecular weight excluding hydrogens is 190 g/mol. The van der Waals surface area contributed by atoms with Gasteiger partial charge in [0.25, 0.3) is 0 Å². The molecule has 0 fully saturated rings. The molecule has 0 saturated carbocycles. The van der Waals surface area contributed by atoms with Crippen molar-refractivity contribution in [3.8, 4) is 0 Å². The monoisotopic (exact) mass is 217 g/mol. The molecule has 15 heavy (non-hydrogen) atoms. The van der Waals surface area contributed by atoms with E-state index in [1.165, 1.54) is 0 Å². The fraction of sp³-hybridized carbons (Fsp3) is 1.00. The molecule has 3 nitrogen and oxygen atoms in total. The van der Waals surface area contributed by atoms with Gasteiger partial charge in [0.1, 0.15) is 0 Å². The molecule has 0 aromatic carbocycles. The molecule has 0 aliphatic rings. The molecule has 0 aromatic heterocycles. The first-order valence-electron chi connectivity index (χ1n) is 5.66. The van der Waals surface area contributed by atoms with Crippen molar-refractivity contribution in [2.45, 2.75) is 59.1 Å². The van der Waals surface area contributed by atoms with E-state index in [0.717, 1.165) is 6.42 Å². The summed E-state index contributed by atoms with van der Waals surface area (Å²) in [7, 11) is 0. The Morgan fingerprint density at radius 1 is 1.07 bits per heavy atom. The fourth-order valence-corrected chi connectivity index (χ4v) is 0.943. The highest BCUT2D eigenvalue weighted by molar-refractivity contribution is 4.94. The maximum atomic E-state index is 9.96. The first kappa shape index (κ1) is 14.9. The van der Waals surface area contributed by atoms with Crippen molar-refractivity contribution >= 4 is 0 Å². The first-order valence-corrected chi connectivity index (χ1v) is 5.66. The minimum atomic E-state index is -0.781. The summed E-state index contributed by atoms with van der Waals surface area (Å²) < 4.78 is 0. The van der Waals surface area contributed by atoms with Crippen LogP contribution in [-0.2, 0) is 0 Å². The highest BCUT2D eigenvalue weighted by atomic mass is 16.3. The van der Waals surface area contributed by atoms with Gasteiger partial charge < -0.3 is 15.5 Å². The molecule has 0 aromatic rings. The second kappa shape index (κ2) is 4.81. The minimum Gasteiger partial charge on any atom is -0.396 e. The average molecular weight is 217 g/mol. The van der Waals surface area contributed by atoms with Gasteiger partial charge in [0.2, 0.25) is 0 Å². The van der Waals surface area contributed by atoms with Crippen LogP contribution in [0.3, 0.4) is 0 Å². The molecule has 3 N–H and O–H groups in total. The lowest BCUT2D eigenvalue weighted by molar-refractivity contribution is -0.0122. The number of aliphatic hydroxyl groups excluding tert-OH is 1. The third kappa shape index (κ3) is 4.09. The first-order chi connectivity index (χ1) is 6.58. The van der Waals surface area contributed by atoms with E-state index >= 15 is 0 Å². The summed E-state index contributed by atoms with van der Waals surface area (Å²) in [6.07, 6.45) is 0.915. The van der Waals surface area contributed by atoms with Gasteiger partial charge in [0.05, 0.1) is 5.60 Å². The second-order valence-corrected chi connectivity index (χ2v) is 5.86. The number of hydrogen-bond donors (Lipinski definition) is 3. The van der Waals surface area contributed by atoms with Crippen LogP contribution >= 0.6 is 0 Å². The van der Waals surface area contributed by atoms with Crippen molar-refractivity contribution in [3.05, 3.63) is 0 Å². The predicted octanol–water partition coefficient (Wildman–Crippen LogP) is 1.53. The number of nitrogens with one attached hydrogen (secondary N) is 1. The normalized spacial score (nSPS) is 17.6. The van der Waals surface area contributed by atoms with E-state index in [0.29, 0.717) is 6.54 Å². The lowest BCUT2D eigenvalue weighted by atomic mass is 9.83. The Balaban J connectivity index is 4.38. The van der Waals surface area contributed by atoms with E-state index in [2.05, 4.69) is 12.2 Å². The SMILES string of the molecule is CCC(C)(CO)CNC(C)(C)C(C)(C)O. The molecule has 0 rings (SSSR count). The van der Waals surface area contributed by atoms with Crippen LogP contribution in [-0.4, -0.2) is 34.5 Å². The molecule has 0 aliphatic carbocycles. The van der Waals surface area contributed by atoms with E-state index in [4.69, 9.17) is 0 Å². The molecule has 0 aliphatic heterocycles. The topological polar surface area (TPSA) is 52.5 Å². The maximum Gasteiger partial charge on any atom is 0.0767 e. The highest BCUT2D eigenvalue weighted by Crippen LogP contribution is 2.24. The van der Waals surface area contributed by atoms with E-state index < -0.39 is 5.60 Å². The molecule has 0 bridgehead atoms. The summed E-state index contributed by atoms with van der Waals surface area (Å²) in [5, 5.41) is 22.6. The van der Waals surface area contributed by atoms with Gasteiger partial charge in [-0.2, -0.15) is 0 Å². The number of rotatable bonds is 6. The Bertz CT molecular complexity index is 190. The Morgan fingerprint density at radius 3 is 1.80 bits per heavy atom. The zero-order chi connectivity index (χ0) is 12.3. The predicted molar refractivity (Wildman–Crippen MR) is 63.9 cm³/mol. The van der Waals surface area contributed by atoms with Gasteiger partial charge in [0, 0.05) is 24.1 Å². The van der Waals surface area contributed by atoms with Crippen LogP contribution in [0.2, 0.25) is 0 Å². The van der Waals surface area contributed by atoms with Crippen LogP contribution in [0.15, 0.2) is 0 Å². The molecule has 0 saturated heterocycles. The van der Waals surface area contributed by atoms with Gasteiger partial charge >= 0.3 is 0 Å². The second-order valence-electron chi connectivity index (χ2n) is 5.86. The van der Waals surface area contributed by atoms with Crippen LogP contribution in [0.25, 0.3) is 0 Å². The van der Waals surface area contributed by atoms with Crippen LogP contribution < -0.4 is 5.32 Å². The Kier molecular flexibility index (Phi) is 4.77. The van der Waals surface area contributed by atoms with Crippen molar-refractivity contribution in [1.82, 2.24) is 5.32 Å². The summed E-state index contributed by atoms with van der Waals surface area (Å²) in [6.45, 7) is 12.5. The standard InChI is InChI=1S/C12H27NO2/c1-7-12(6,9-14)8-13-10(2,3)11(4,5)15/h13-15H,7-9H2,1-6H3. The molecule has 0 radical (unpaired) electrons. The molecule has 3 heteroatoms. The van der Waals surface area contributed by atoms with Crippen molar-refractivity contribution in [2.24, 2.45) is 5.41 Å². The summed E-state index contributed by atoms with van der Waals surface area (Å²) in [5.74, 6) is 0. The molecule has 0 spiro atoms. The van der Waals surface area contributed by atoms with E-state index in [1.807, 2.05) is 20.8 Å². The maximum absolute atomic E-state index is 9.96. The smallest absolute Gasteiger partial charge is 0.0767 e. The number of hydrogen-bond acceptors (Lipinski definition) is 3. The van der Waals surface area contributed by atoms with E-state index in [1.54, 1.807) is 13.8 Å². The quantitative estimate of drug-likeness (QED) is 0.632. The summed E-state index contributed by atoms with van der Waals surface area (Å²) >= 11 is 0. The summed E-state index contributed by atoms with van der Waals surface area (Å²) in [5.41, 5.74) is -1.25. The number of aliphatic hydroxyl groups is 2. The third-order valence-corrected chi connectivity index (χ3v) is 3.72. The minimum absolute atomic E-state index is 0.109. The van der Waals surface area contributed by atoms with Gasteiger partial charge in [-0.3, -0.25) is 0 Å². The van der Waals surface area contributed by atoms with Crippen LogP contribution in [0.4, 0.5) is 0 Å². The van der Waals surface area contributed by atoms with Crippen molar-refractivity contribution in [1.29, 1.82) is 0 Å². The van der Waals surface area contributed by atoms with Gasteiger partial charge in [0.15, 0.2) is 0 Å². The van der Waals surface area contributed by atoms with Crippen molar-refractivity contribution in [3.63, 3.8) is 0 Å². The Labute approximate surface area is 93.9 Å². The van der Waals surface area contributed by atoms with Crippen LogP contribution in [0.1, 0.15) is 48.0 Å². The third-order valence-electron chi connectivity index (χ3n) is 3.72. The van der Waals surface area contributed by atoms with Gasteiger partial charge in [-0.15, -0.1) is 0 Å². The molecule has 0 heterocycles. The van der Waals surface area contributed by atoms with Gasteiger partial charge in [-0.25, -0.2) is 0 Å². The fourth-order valence-electron chi connectivity index (χ4n) is 0.943. The zero-order valence-electron chi connectivity index (χ0n) is 11.0. The van der Waals surface area contributed by atoms with E-state index in [-0.39, 0.29) is 17.6 Å². The summed E-state index contributed by atoms with van der Waals surface area (Å²) in [4.78, 5) is 0. The average Bonchev–Trinajstić information content (AvgIpc) is 2.13. The molecule has 1 atom stereocenters. The Hall–Kier alpha value is -0.120. The van der Waals surface area contributed by atoms with Crippen LogP contribution in [0.5, 0.6) is 0 Å². The Morgan fingerprint density at radius 2 is 1.53 bits per heavy atom. The molecular formula is C12H27NO2.